The van der Waals surface area contributed by atoms with Crippen molar-refractivity contribution in [2.24, 2.45) is 0 Å². The molecule has 3 heteroatoms. The summed E-state index contributed by atoms with van der Waals surface area (Å²) in [6.07, 6.45) is 4.69. The molecule has 16 heavy (non-hydrogen) atoms. The number of aryl methyl sites for hydroxylation is 2. The van der Waals surface area contributed by atoms with E-state index in [-0.39, 0.29) is 5.38 Å². The van der Waals surface area contributed by atoms with Gasteiger partial charge in [-0.1, -0.05) is 26.7 Å². The van der Waals surface area contributed by atoms with Gasteiger partial charge in [-0.3, -0.25) is 4.68 Å². The number of alkyl halides is 1. The standard InChI is InChI=1S/C13H23ClN2/c1-5-7-8-9-16-11(4)13(10(3)15-16)12(14)6-2/h12H,5-9H2,1-4H3. The summed E-state index contributed by atoms with van der Waals surface area (Å²) in [5.74, 6) is 0. The lowest BCUT2D eigenvalue weighted by atomic mass is 10.1. The van der Waals surface area contributed by atoms with Gasteiger partial charge < -0.3 is 0 Å². The molecular formula is C13H23ClN2. The van der Waals surface area contributed by atoms with Crippen LogP contribution in [0.4, 0.5) is 0 Å². The highest BCUT2D eigenvalue weighted by Crippen LogP contribution is 2.29. The molecule has 0 radical (unpaired) electrons. The number of halogens is 1. The maximum atomic E-state index is 6.32. The van der Waals surface area contributed by atoms with E-state index >= 15 is 0 Å². The summed E-state index contributed by atoms with van der Waals surface area (Å²) in [6.45, 7) is 9.55. The molecule has 92 valence electrons. The van der Waals surface area contributed by atoms with Crippen molar-refractivity contribution < 1.29 is 0 Å². The number of unbranched alkanes of at least 4 members (excludes halogenated alkanes) is 2. The van der Waals surface area contributed by atoms with E-state index in [9.17, 15) is 0 Å². The van der Waals surface area contributed by atoms with Crippen LogP contribution in [-0.2, 0) is 6.54 Å². The van der Waals surface area contributed by atoms with Crippen LogP contribution >= 0.6 is 11.6 Å². The predicted molar refractivity (Wildman–Crippen MR) is 70.1 cm³/mol. The smallest absolute Gasteiger partial charge is 0.0643 e. The number of hydrogen-bond acceptors (Lipinski definition) is 1. The van der Waals surface area contributed by atoms with Gasteiger partial charge in [0.05, 0.1) is 11.1 Å². The molecule has 0 aliphatic rings. The minimum atomic E-state index is 0.111. The van der Waals surface area contributed by atoms with Gasteiger partial charge in [-0.25, -0.2) is 0 Å². The largest absolute Gasteiger partial charge is 0.269 e. The molecule has 1 aromatic rings. The number of aromatic nitrogens is 2. The molecule has 0 bridgehead atoms. The van der Waals surface area contributed by atoms with E-state index < -0.39 is 0 Å². The highest BCUT2D eigenvalue weighted by Gasteiger charge is 2.17. The minimum Gasteiger partial charge on any atom is -0.269 e. The minimum absolute atomic E-state index is 0.111. The maximum absolute atomic E-state index is 6.32. The Morgan fingerprint density at radius 2 is 1.94 bits per heavy atom. The fourth-order valence-corrected chi connectivity index (χ4v) is 2.41. The average molecular weight is 243 g/mol. The Morgan fingerprint density at radius 1 is 1.25 bits per heavy atom. The molecule has 0 fully saturated rings. The van der Waals surface area contributed by atoms with E-state index in [0.29, 0.717) is 0 Å². The highest BCUT2D eigenvalue weighted by atomic mass is 35.5. The Hall–Kier alpha value is -0.500. The van der Waals surface area contributed by atoms with Crippen LogP contribution in [0.3, 0.4) is 0 Å². The quantitative estimate of drug-likeness (QED) is 0.535. The van der Waals surface area contributed by atoms with E-state index in [1.807, 2.05) is 0 Å². The van der Waals surface area contributed by atoms with E-state index in [1.54, 1.807) is 0 Å². The predicted octanol–water partition coefficient (Wildman–Crippen LogP) is 4.38. The van der Waals surface area contributed by atoms with Crippen molar-refractivity contribution in [2.45, 2.75) is 65.3 Å². The van der Waals surface area contributed by atoms with Crippen molar-refractivity contribution in [3.8, 4) is 0 Å². The van der Waals surface area contributed by atoms with Crippen molar-refractivity contribution in [1.82, 2.24) is 9.78 Å². The lowest BCUT2D eigenvalue weighted by molar-refractivity contribution is 0.539. The molecule has 1 aromatic heterocycles. The zero-order valence-electron chi connectivity index (χ0n) is 10.9. The Morgan fingerprint density at radius 3 is 2.50 bits per heavy atom. The molecule has 0 aliphatic carbocycles. The van der Waals surface area contributed by atoms with Gasteiger partial charge in [0.25, 0.3) is 0 Å². The van der Waals surface area contributed by atoms with Crippen LogP contribution in [0.5, 0.6) is 0 Å². The SMILES string of the molecule is CCCCCn1nc(C)c(C(Cl)CC)c1C. The van der Waals surface area contributed by atoms with Gasteiger partial charge >= 0.3 is 0 Å². The Balaban J connectivity index is 2.80. The third-order valence-electron chi connectivity index (χ3n) is 3.08. The van der Waals surface area contributed by atoms with Gasteiger partial charge in [-0.05, 0) is 26.7 Å². The number of nitrogens with zero attached hydrogens (tertiary/aromatic N) is 2. The fraction of sp³-hybridized carbons (Fsp3) is 0.769. The normalized spacial score (nSPS) is 13.1. The zero-order chi connectivity index (χ0) is 12.1. The molecule has 0 amide bonds. The van der Waals surface area contributed by atoms with Crippen LogP contribution in [0, 0.1) is 13.8 Å². The molecule has 1 unspecified atom stereocenters. The van der Waals surface area contributed by atoms with Crippen LogP contribution in [0.15, 0.2) is 0 Å². The van der Waals surface area contributed by atoms with Crippen LogP contribution in [0.1, 0.15) is 61.9 Å². The molecule has 0 aliphatic heterocycles. The monoisotopic (exact) mass is 242 g/mol. The van der Waals surface area contributed by atoms with Gasteiger partial charge in [-0.2, -0.15) is 5.10 Å². The average Bonchev–Trinajstić information content (AvgIpc) is 2.54. The molecule has 1 rings (SSSR count). The Labute approximate surface area is 104 Å². The summed E-state index contributed by atoms with van der Waals surface area (Å²) >= 11 is 6.32. The molecule has 1 atom stereocenters. The first-order chi connectivity index (χ1) is 7.61. The van der Waals surface area contributed by atoms with Crippen molar-refractivity contribution >= 4 is 11.6 Å². The number of rotatable bonds is 6. The summed E-state index contributed by atoms with van der Waals surface area (Å²) in [6, 6.07) is 0. The van der Waals surface area contributed by atoms with E-state index in [1.165, 1.54) is 30.5 Å². The van der Waals surface area contributed by atoms with Crippen LogP contribution in [0.25, 0.3) is 0 Å². The third kappa shape index (κ3) is 3.00. The summed E-state index contributed by atoms with van der Waals surface area (Å²) in [5.41, 5.74) is 3.58. The third-order valence-corrected chi connectivity index (χ3v) is 3.61. The molecule has 0 aromatic carbocycles. The van der Waals surface area contributed by atoms with Gasteiger partial charge in [-0.15, -0.1) is 11.6 Å². The zero-order valence-corrected chi connectivity index (χ0v) is 11.6. The number of hydrogen-bond donors (Lipinski definition) is 0. The molecule has 0 spiro atoms. The van der Waals surface area contributed by atoms with Gasteiger partial charge in [0.2, 0.25) is 0 Å². The Bertz CT molecular complexity index is 331. The van der Waals surface area contributed by atoms with Gasteiger partial charge in [0.15, 0.2) is 0 Å². The highest BCUT2D eigenvalue weighted by molar-refractivity contribution is 6.20. The molecule has 2 nitrogen and oxygen atoms in total. The second-order valence-electron chi connectivity index (χ2n) is 4.39. The second kappa shape index (κ2) is 6.29. The first-order valence-corrected chi connectivity index (χ1v) is 6.73. The molecule has 0 saturated heterocycles. The van der Waals surface area contributed by atoms with E-state index in [0.717, 1.165) is 18.7 Å². The first kappa shape index (κ1) is 13.6. The van der Waals surface area contributed by atoms with Crippen molar-refractivity contribution in [3.63, 3.8) is 0 Å². The fourth-order valence-electron chi connectivity index (χ4n) is 2.10. The molecule has 0 saturated carbocycles. The van der Waals surface area contributed by atoms with Gasteiger partial charge in [0.1, 0.15) is 0 Å². The van der Waals surface area contributed by atoms with E-state index in [4.69, 9.17) is 11.6 Å². The van der Waals surface area contributed by atoms with E-state index in [2.05, 4.69) is 37.5 Å². The van der Waals surface area contributed by atoms with Crippen molar-refractivity contribution in [2.75, 3.05) is 0 Å². The Kier molecular flexibility index (Phi) is 5.33. The first-order valence-electron chi connectivity index (χ1n) is 6.29. The summed E-state index contributed by atoms with van der Waals surface area (Å²) < 4.78 is 2.12. The van der Waals surface area contributed by atoms with Crippen molar-refractivity contribution in [1.29, 1.82) is 0 Å². The van der Waals surface area contributed by atoms with Gasteiger partial charge in [0, 0.05) is 17.8 Å². The van der Waals surface area contributed by atoms with Crippen LogP contribution in [0.2, 0.25) is 0 Å². The van der Waals surface area contributed by atoms with Crippen LogP contribution < -0.4 is 0 Å². The summed E-state index contributed by atoms with van der Waals surface area (Å²) in [5, 5.41) is 4.69. The topological polar surface area (TPSA) is 17.8 Å². The second-order valence-corrected chi connectivity index (χ2v) is 4.92. The maximum Gasteiger partial charge on any atom is 0.0643 e. The molecular weight excluding hydrogens is 220 g/mol. The molecule has 0 N–H and O–H groups in total. The lowest BCUT2D eigenvalue weighted by Gasteiger charge is -2.08. The van der Waals surface area contributed by atoms with Crippen molar-refractivity contribution in [3.05, 3.63) is 17.0 Å². The van der Waals surface area contributed by atoms with Crippen LogP contribution in [-0.4, -0.2) is 9.78 Å². The summed E-state index contributed by atoms with van der Waals surface area (Å²) in [4.78, 5) is 0. The lowest BCUT2D eigenvalue weighted by Crippen LogP contribution is -2.03. The molecule has 1 heterocycles. The summed E-state index contributed by atoms with van der Waals surface area (Å²) in [7, 11) is 0.